The first kappa shape index (κ1) is 15.0. The molecule has 1 aromatic heterocycles. The Balaban J connectivity index is 1.78. The van der Waals surface area contributed by atoms with Crippen LogP contribution in [0.5, 0.6) is 0 Å². The van der Waals surface area contributed by atoms with E-state index in [4.69, 9.17) is 14.2 Å². The molecule has 1 N–H and O–H groups in total. The molecule has 3 rings (SSSR count). The second-order valence-corrected chi connectivity index (χ2v) is 6.61. The Morgan fingerprint density at radius 1 is 1.33 bits per heavy atom. The maximum atomic E-state index is 6.10. The number of piperidine rings is 1. The van der Waals surface area contributed by atoms with Crippen LogP contribution in [0.2, 0.25) is 0 Å². The fraction of sp³-hybridized carbons (Fsp3) is 0.875. The summed E-state index contributed by atoms with van der Waals surface area (Å²) in [6.45, 7) is 7.10. The van der Waals surface area contributed by atoms with Crippen LogP contribution < -0.4 is 5.32 Å². The number of aromatic nitrogens is 2. The molecule has 1 saturated carbocycles. The highest BCUT2D eigenvalue weighted by Crippen LogP contribution is 2.41. The Bertz CT molecular complexity index is 446. The van der Waals surface area contributed by atoms with Crippen molar-refractivity contribution in [2.45, 2.75) is 63.9 Å². The third-order valence-electron chi connectivity index (χ3n) is 5.00. The second-order valence-electron chi connectivity index (χ2n) is 6.61. The van der Waals surface area contributed by atoms with E-state index in [9.17, 15) is 0 Å². The highest BCUT2D eigenvalue weighted by atomic mass is 16.5. The van der Waals surface area contributed by atoms with Crippen molar-refractivity contribution >= 4 is 0 Å². The van der Waals surface area contributed by atoms with Crippen molar-refractivity contribution < 1.29 is 9.26 Å². The number of rotatable bonds is 4. The van der Waals surface area contributed by atoms with E-state index in [0.29, 0.717) is 12.5 Å². The van der Waals surface area contributed by atoms with Crippen LogP contribution in [0.15, 0.2) is 4.52 Å². The molecule has 118 valence electrons. The molecule has 0 radical (unpaired) electrons. The number of nitrogens with zero attached hydrogens (tertiary/aromatic N) is 2. The van der Waals surface area contributed by atoms with Crippen LogP contribution in [-0.4, -0.2) is 29.8 Å². The summed E-state index contributed by atoms with van der Waals surface area (Å²) in [5, 5.41) is 7.70. The largest absolute Gasteiger partial charge is 0.367 e. The van der Waals surface area contributed by atoms with Gasteiger partial charge in [0.2, 0.25) is 11.7 Å². The molecule has 5 heteroatoms. The van der Waals surface area contributed by atoms with Crippen molar-refractivity contribution in [1.82, 2.24) is 15.5 Å². The molecule has 1 aliphatic carbocycles. The van der Waals surface area contributed by atoms with Gasteiger partial charge in [0, 0.05) is 13.2 Å². The van der Waals surface area contributed by atoms with Crippen molar-refractivity contribution in [3.05, 3.63) is 11.7 Å². The molecule has 1 aromatic rings. The number of hydrogen-bond acceptors (Lipinski definition) is 5. The smallest absolute Gasteiger partial charge is 0.231 e. The van der Waals surface area contributed by atoms with Crippen molar-refractivity contribution in [1.29, 1.82) is 0 Å². The van der Waals surface area contributed by atoms with Gasteiger partial charge in [-0.3, -0.25) is 0 Å². The Labute approximate surface area is 126 Å². The molecule has 0 spiro atoms. The van der Waals surface area contributed by atoms with Crippen molar-refractivity contribution in [3.63, 3.8) is 0 Å². The highest BCUT2D eigenvalue weighted by Gasteiger charge is 2.41. The molecular formula is C16H27N3O2. The zero-order valence-electron chi connectivity index (χ0n) is 13.2. The van der Waals surface area contributed by atoms with E-state index >= 15 is 0 Å². The summed E-state index contributed by atoms with van der Waals surface area (Å²) in [4.78, 5) is 4.73. The molecule has 2 heterocycles. The molecule has 0 bridgehead atoms. The Morgan fingerprint density at radius 3 is 2.81 bits per heavy atom. The Hall–Kier alpha value is -0.940. The van der Waals surface area contributed by atoms with Crippen molar-refractivity contribution in [2.24, 2.45) is 5.92 Å². The summed E-state index contributed by atoms with van der Waals surface area (Å²) >= 11 is 0. The molecule has 1 unspecified atom stereocenters. The number of nitrogens with one attached hydrogen (secondary N) is 1. The lowest BCUT2D eigenvalue weighted by Gasteiger charge is -2.36. The van der Waals surface area contributed by atoms with Crippen LogP contribution in [0.1, 0.15) is 70.0 Å². The van der Waals surface area contributed by atoms with Crippen LogP contribution in [0.4, 0.5) is 0 Å². The minimum Gasteiger partial charge on any atom is -0.367 e. The van der Waals surface area contributed by atoms with E-state index in [2.05, 4.69) is 17.4 Å². The normalized spacial score (nSPS) is 34.0. The van der Waals surface area contributed by atoms with Crippen molar-refractivity contribution in [2.75, 3.05) is 19.7 Å². The standard InChI is InChI=1S/C16H27N3O2/c1-3-20-16(8-6-12(2)7-9-16)15-18-14(21-19-15)13-5-4-10-17-11-13/h12-13,17H,3-11H2,1-2H3. The summed E-state index contributed by atoms with van der Waals surface area (Å²) in [6, 6.07) is 0. The van der Waals surface area contributed by atoms with E-state index in [1.54, 1.807) is 0 Å². The monoisotopic (exact) mass is 293 g/mol. The molecule has 0 amide bonds. The second kappa shape index (κ2) is 6.44. The summed E-state index contributed by atoms with van der Waals surface area (Å²) in [5.41, 5.74) is -0.314. The predicted molar refractivity (Wildman–Crippen MR) is 80.1 cm³/mol. The molecule has 2 fully saturated rings. The third kappa shape index (κ3) is 3.14. The summed E-state index contributed by atoms with van der Waals surface area (Å²) in [5.74, 6) is 2.69. The first-order valence-corrected chi connectivity index (χ1v) is 8.42. The summed E-state index contributed by atoms with van der Waals surface area (Å²) in [6.07, 6.45) is 6.67. The van der Waals surface area contributed by atoms with Gasteiger partial charge in [-0.2, -0.15) is 4.98 Å². The first-order chi connectivity index (χ1) is 10.2. The molecule has 2 aliphatic rings. The molecule has 0 aromatic carbocycles. The van der Waals surface area contributed by atoms with Gasteiger partial charge < -0.3 is 14.6 Å². The van der Waals surface area contributed by atoms with Crippen LogP contribution in [-0.2, 0) is 10.3 Å². The van der Waals surface area contributed by atoms with Gasteiger partial charge in [-0.15, -0.1) is 0 Å². The van der Waals surface area contributed by atoms with E-state index in [1.807, 2.05) is 6.92 Å². The maximum Gasteiger partial charge on any atom is 0.231 e. The van der Waals surface area contributed by atoms with Gasteiger partial charge in [0.1, 0.15) is 5.60 Å². The van der Waals surface area contributed by atoms with Crippen LogP contribution in [0.25, 0.3) is 0 Å². The zero-order valence-corrected chi connectivity index (χ0v) is 13.2. The van der Waals surface area contributed by atoms with Crippen LogP contribution in [0, 0.1) is 5.92 Å². The SMILES string of the molecule is CCOC1(c2noc(C3CCCNC3)n2)CCC(C)CC1. The lowest BCUT2D eigenvalue weighted by Crippen LogP contribution is -2.35. The highest BCUT2D eigenvalue weighted by molar-refractivity contribution is 5.06. The summed E-state index contributed by atoms with van der Waals surface area (Å²) < 4.78 is 11.7. The van der Waals surface area contributed by atoms with E-state index in [0.717, 1.165) is 50.0 Å². The zero-order chi connectivity index (χ0) is 14.7. The van der Waals surface area contributed by atoms with E-state index in [-0.39, 0.29) is 5.60 Å². The van der Waals surface area contributed by atoms with E-state index in [1.165, 1.54) is 19.3 Å². The van der Waals surface area contributed by atoms with Crippen LogP contribution >= 0.6 is 0 Å². The summed E-state index contributed by atoms with van der Waals surface area (Å²) in [7, 11) is 0. The van der Waals surface area contributed by atoms with E-state index < -0.39 is 0 Å². The third-order valence-corrected chi connectivity index (χ3v) is 5.00. The van der Waals surface area contributed by atoms with Gasteiger partial charge in [0.15, 0.2) is 0 Å². The average molecular weight is 293 g/mol. The topological polar surface area (TPSA) is 60.2 Å². The molecule has 1 saturated heterocycles. The van der Waals surface area contributed by atoms with Gasteiger partial charge in [0.05, 0.1) is 5.92 Å². The van der Waals surface area contributed by atoms with Gasteiger partial charge in [0.25, 0.3) is 0 Å². The Kier molecular flexibility index (Phi) is 4.60. The lowest BCUT2D eigenvalue weighted by molar-refractivity contribution is -0.0847. The minimum absolute atomic E-state index is 0.314. The number of hydrogen-bond donors (Lipinski definition) is 1. The van der Waals surface area contributed by atoms with Gasteiger partial charge in [-0.05, 0) is 57.9 Å². The number of ether oxygens (including phenoxy) is 1. The molecular weight excluding hydrogens is 266 g/mol. The van der Waals surface area contributed by atoms with Gasteiger partial charge in [-0.25, -0.2) is 0 Å². The van der Waals surface area contributed by atoms with Crippen molar-refractivity contribution in [3.8, 4) is 0 Å². The maximum absolute atomic E-state index is 6.10. The molecule has 21 heavy (non-hydrogen) atoms. The average Bonchev–Trinajstić information content (AvgIpc) is 3.01. The van der Waals surface area contributed by atoms with Gasteiger partial charge in [-0.1, -0.05) is 12.1 Å². The fourth-order valence-corrected chi connectivity index (χ4v) is 3.59. The minimum atomic E-state index is -0.314. The molecule has 5 nitrogen and oxygen atoms in total. The predicted octanol–water partition coefficient (Wildman–Crippen LogP) is 2.98. The molecule has 1 atom stereocenters. The fourth-order valence-electron chi connectivity index (χ4n) is 3.59. The first-order valence-electron chi connectivity index (χ1n) is 8.42. The lowest BCUT2D eigenvalue weighted by atomic mass is 9.79. The molecule has 1 aliphatic heterocycles. The van der Waals surface area contributed by atoms with Crippen LogP contribution in [0.3, 0.4) is 0 Å². The quantitative estimate of drug-likeness (QED) is 0.924. The Morgan fingerprint density at radius 2 is 2.14 bits per heavy atom. The van der Waals surface area contributed by atoms with Gasteiger partial charge >= 0.3 is 0 Å².